The summed E-state index contributed by atoms with van der Waals surface area (Å²) in [6.07, 6.45) is -0.858. The molecular weight excluding hydrogens is 158 g/mol. The van der Waals surface area contributed by atoms with E-state index in [1.807, 2.05) is 0 Å². The standard InChI is InChI=1S/C3H9N3O3S/c1-2(6-3(4)5)9-10(7)8/h2H,1H3,(H,7,8)(H4,4,5,6)/p-1/t2-/m1/s1. The molecule has 6 nitrogen and oxygen atoms in total. The van der Waals surface area contributed by atoms with Gasteiger partial charge >= 0.3 is 0 Å². The second-order valence-electron chi connectivity index (χ2n) is 1.45. The molecule has 60 valence electrons. The van der Waals surface area contributed by atoms with Crippen molar-refractivity contribution in [3.63, 3.8) is 0 Å². The van der Waals surface area contributed by atoms with Gasteiger partial charge in [-0.1, -0.05) is 0 Å². The normalized spacial score (nSPS) is 15.8. The van der Waals surface area contributed by atoms with Crippen LogP contribution >= 0.6 is 0 Å². The van der Waals surface area contributed by atoms with Gasteiger partial charge in [-0.15, -0.1) is 0 Å². The quantitative estimate of drug-likeness (QED) is 0.298. The summed E-state index contributed by atoms with van der Waals surface area (Å²) in [4.78, 5) is 3.37. The van der Waals surface area contributed by atoms with Gasteiger partial charge in [-0.2, -0.15) is 0 Å². The molecule has 0 spiro atoms. The molecule has 0 aliphatic carbocycles. The molecule has 0 saturated carbocycles. The Bertz CT molecular complexity index is 155. The zero-order chi connectivity index (χ0) is 8.15. The van der Waals surface area contributed by atoms with Crippen LogP contribution in [0.1, 0.15) is 6.92 Å². The Hall–Kier alpha value is -0.660. The van der Waals surface area contributed by atoms with E-state index in [9.17, 15) is 8.76 Å². The van der Waals surface area contributed by atoms with E-state index in [0.29, 0.717) is 0 Å². The van der Waals surface area contributed by atoms with Gasteiger partial charge in [0.2, 0.25) is 0 Å². The Morgan fingerprint density at radius 2 is 2.30 bits per heavy atom. The number of guanidine groups is 1. The van der Waals surface area contributed by atoms with E-state index in [0.717, 1.165) is 0 Å². The SMILES string of the molecule is C[C@H](N=C(N)N)OS(=O)[O-]. The smallest absolute Gasteiger partial charge is 0.188 e. The van der Waals surface area contributed by atoms with Crippen LogP contribution in [0.15, 0.2) is 4.99 Å². The first kappa shape index (κ1) is 9.34. The molecule has 10 heavy (non-hydrogen) atoms. The fraction of sp³-hybridized carbons (Fsp3) is 0.667. The molecule has 1 unspecified atom stereocenters. The molecule has 0 amide bonds. The maximum absolute atomic E-state index is 9.82. The highest BCUT2D eigenvalue weighted by Gasteiger charge is 1.97. The molecule has 0 rings (SSSR count). The Morgan fingerprint density at radius 3 is 2.60 bits per heavy atom. The first-order valence-corrected chi connectivity index (χ1v) is 3.37. The van der Waals surface area contributed by atoms with Crippen molar-refractivity contribution in [2.75, 3.05) is 0 Å². The van der Waals surface area contributed by atoms with Crippen LogP contribution in [0, 0.1) is 0 Å². The van der Waals surface area contributed by atoms with Gasteiger partial charge in [0.05, 0.1) is 11.4 Å². The predicted molar refractivity (Wildman–Crippen MR) is 35.3 cm³/mol. The molecule has 2 atom stereocenters. The monoisotopic (exact) mass is 166 g/mol. The van der Waals surface area contributed by atoms with Crippen LogP contribution in [0.5, 0.6) is 0 Å². The van der Waals surface area contributed by atoms with Gasteiger partial charge in [0.1, 0.15) is 0 Å². The van der Waals surface area contributed by atoms with E-state index in [4.69, 9.17) is 11.5 Å². The molecule has 0 aromatic heterocycles. The van der Waals surface area contributed by atoms with Crippen LogP contribution < -0.4 is 11.5 Å². The molecule has 4 N–H and O–H groups in total. The molecule has 0 aromatic rings. The minimum atomic E-state index is -2.58. The van der Waals surface area contributed by atoms with Crippen molar-refractivity contribution in [2.45, 2.75) is 13.2 Å². The van der Waals surface area contributed by atoms with E-state index in [1.165, 1.54) is 6.92 Å². The lowest BCUT2D eigenvalue weighted by Gasteiger charge is -2.08. The Labute approximate surface area is 60.7 Å². The van der Waals surface area contributed by atoms with E-state index in [2.05, 4.69) is 9.18 Å². The Morgan fingerprint density at radius 1 is 1.80 bits per heavy atom. The number of rotatable bonds is 3. The molecule has 0 bridgehead atoms. The van der Waals surface area contributed by atoms with Crippen LogP contribution in [0.25, 0.3) is 0 Å². The molecule has 0 heterocycles. The van der Waals surface area contributed by atoms with Gasteiger partial charge in [0.25, 0.3) is 0 Å². The average Bonchev–Trinajstić information content (AvgIpc) is 1.58. The van der Waals surface area contributed by atoms with Crippen molar-refractivity contribution in [3.05, 3.63) is 0 Å². The molecule has 0 aromatic carbocycles. The Kier molecular flexibility index (Phi) is 3.93. The summed E-state index contributed by atoms with van der Waals surface area (Å²) in [5, 5.41) is 0. The van der Waals surface area contributed by atoms with Gasteiger partial charge in [0, 0.05) is 0 Å². The summed E-state index contributed by atoms with van der Waals surface area (Å²) >= 11 is -2.58. The second kappa shape index (κ2) is 4.20. The van der Waals surface area contributed by atoms with Gasteiger partial charge in [-0.05, 0) is 6.92 Å². The fourth-order valence-corrected chi connectivity index (χ4v) is 0.616. The maximum Gasteiger partial charge on any atom is 0.188 e. The van der Waals surface area contributed by atoms with Crippen molar-refractivity contribution in [1.82, 2.24) is 0 Å². The number of hydrogen-bond acceptors (Lipinski definition) is 4. The third-order valence-corrected chi connectivity index (χ3v) is 0.984. The molecule has 0 fully saturated rings. The number of nitrogens with zero attached hydrogens (tertiary/aromatic N) is 1. The third-order valence-electron chi connectivity index (χ3n) is 0.549. The highest BCUT2D eigenvalue weighted by atomic mass is 32.2. The van der Waals surface area contributed by atoms with Crippen molar-refractivity contribution < 1.29 is 12.9 Å². The molecule has 7 heteroatoms. The van der Waals surface area contributed by atoms with Gasteiger partial charge in [0.15, 0.2) is 12.2 Å². The summed E-state index contributed by atoms with van der Waals surface area (Å²) in [5.74, 6) is -0.210. The minimum absolute atomic E-state index is 0.210. The number of nitrogens with two attached hydrogens (primary N) is 2. The molecular formula is C3H8N3O3S-. The lowest BCUT2D eigenvalue weighted by molar-refractivity contribution is 0.228. The van der Waals surface area contributed by atoms with Crippen LogP contribution in [-0.4, -0.2) is 20.9 Å². The zero-order valence-electron chi connectivity index (χ0n) is 5.31. The van der Waals surface area contributed by atoms with E-state index in [1.54, 1.807) is 0 Å². The number of hydrogen-bond donors (Lipinski definition) is 2. The second-order valence-corrected chi connectivity index (χ2v) is 2.05. The van der Waals surface area contributed by atoms with Gasteiger partial charge < -0.3 is 16.0 Å². The highest BCUT2D eigenvalue weighted by molar-refractivity contribution is 7.74. The van der Waals surface area contributed by atoms with E-state index < -0.39 is 17.6 Å². The van der Waals surface area contributed by atoms with Crippen molar-refractivity contribution in [1.29, 1.82) is 0 Å². The van der Waals surface area contributed by atoms with Gasteiger partial charge in [-0.25, -0.2) is 9.20 Å². The largest absolute Gasteiger partial charge is 0.750 e. The summed E-state index contributed by atoms with van der Waals surface area (Å²) in [5.41, 5.74) is 9.83. The van der Waals surface area contributed by atoms with E-state index in [-0.39, 0.29) is 5.96 Å². The lowest BCUT2D eigenvalue weighted by atomic mass is 10.7. The zero-order valence-corrected chi connectivity index (χ0v) is 6.13. The van der Waals surface area contributed by atoms with Crippen LogP contribution in [0.2, 0.25) is 0 Å². The molecule has 0 saturated heterocycles. The van der Waals surface area contributed by atoms with Crippen molar-refractivity contribution >= 4 is 17.3 Å². The third kappa shape index (κ3) is 5.48. The topological polar surface area (TPSA) is 114 Å². The summed E-state index contributed by atoms with van der Waals surface area (Å²) in [7, 11) is 0. The first-order chi connectivity index (χ1) is 4.52. The summed E-state index contributed by atoms with van der Waals surface area (Å²) in [6, 6.07) is 0. The van der Waals surface area contributed by atoms with Gasteiger partial charge in [-0.3, -0.25) is 4.18 Å². The van der Waals surface area contributed by atoms with Crippen LogP contribution in [0.3, 0.4) is 0 Å². The predicted octanol–water partition coefficient (Wildman–Crippen LogP) is -1.58. The molecule has 0 radical (unpaired) electrons. The summed E-state index contributed by atoms with van der Waals surface area (Å²) in [6.45, 7) is 1.40. The Balaban J connectivity index is 3.75. The van der Waals surface area contributed by atoms with Crippen LogP contribution in [0.4, 0.5) is 0 Å². The molecule has 0 aliphatic heterocycles. The first-order valence-electron chi connectivity index (χ1n) is 2.37. The average molecular weight is 166 g/mol. The minimum Gasteiger partial charge on any atom is -0.750 e. The molecule has 0 aliphatic rings. The maximum atomic E-state index is 9.82. The highest BCUT2D eigenvalue weighted by Crippen LogP contribution is 1.92. The van der Waals surface area contributed by atoms with E-state index >= 15 is 0 Å². The number of aliphatic imine (C=N–C) groups is 1. The lowest BCUT2D eigenvalue weighted by Crippen LogP contribution is -2.25. The van der Waals surface area contributed by atoms with Crippen molar-refractivity contribution in [3.8, 4) is 0 Å². The van der Waals surface area contributed by atoms with Crippen molar-refractivity contribution in [2.24, 2.45) is 16.5 Å². The summed E-state index contributed by atoms with van der Waals surface area (Å²) < 4.78 is 23.8. The fourth-order valence-electron chi connectivity index (χ4n) is 0.345. The van der Waals surface area contributed by atoms with Crippen LogP contribution in [-0.2, 0) is 15.5 Å².